The van der Waals surface area contributed by atoms with Crippen LogP contribution >= 0.6 is 0 Å². The first-order valence-electron chi connectivity index (χ1n) is 10.2. The lowest BCUT2D eigenvalue weighted by molar-refractivity contribution is -0.203. The predicted octanol–water partition coefficient (Wildman–Crippen LogP) is 0.232. The molecule has 0 radical (unpaired) electrons. The number of hydrogen-bond acceptors (Lipinski definition) is 11. The molecule has 0 fully saturated rings. The molecule has 2 heterocycles. The standard InChI is InChI=1S/C19H17F3N8O6S2/c1-30-7-10-3-2-9(6-12(10)27-30)11-4-5-13(16(38(24,34)35)15(11)17-25-28-29-26-17)37(32,33)8-14(23)36-18(31)19(20,21)22/h2-7,14H,8,23H2,1H3,(H2,24,34,35)(H,25,26,28,29). The Morgan fingerprint density at radius 3 is 2.50 bits per heavy atom. The molecule has 0 aliphatic rings. The molecule has 202 valence electrons. The van der Waals surface area contributed by atoms with Gasteiger partial charge in [0, 0.05) is 24.2 Å². The van der Waals surface area contributed by atoms with Gasteiger partial charge in [-0.05, 0) is 33.7 Å². The number of ether oxygens (including phenoxy) is 1. The average molecular weight is 575 g/mol. The van der Waals surface area contributed by atoms with Gasteiger partial charge in [-0.15, -0.1) is 5.10 Å². The van der Waals surface area contributed by atoms with Gasteiger partial charge >= 0.3 is 12.1 Å². The molecule has 5 N–H and O–H groups in total. The highest BCUT2D eigenvalue weighted by molar-refractivity contribution is 7.93. The van der Waals surface area contributed by atoms with Gasteiger partial charge in [0.1, 0.15) is 10.6 Å². The van der Waals surface area contributed by atoms with E-state index in [-0.39, 0.29) is 17.0 Å². The number of alkyl halides is 3. The van der Waals surface area contributed by atoms with Crippen LogP contribution in [0.4, 0.5) is 13.2 Å². The monoisotopic (exact) mass is 574 g/mol. The predicted molar refractivity (Wildman–Crippen MR) is 123 cm³/mol. The summed E-state index contributed by atoms with van der Waals surface area (Å²) in [5.41, 5.74) is 6.01. The van der Waals surface area contributed by atoms with Crippen LogP contribution in [0, 0.1) is 0 Å². The van der Waals surface area contributed by atoms with Crippen LogP contribution in [-0.2, 0) is 36.4 Å². The Labute approximate surface area is 211 Å². The smallest absolute Gasteiger partial charge is 0.439 e. The highest BCUT2D eigenvalue weighted by atomic mass is 32.2. The SMILES string of the molecule is Cn1cc2ccc(-c3ccc(S(=O)(=O)CC(N)OC(=O)C(F)(F)F)c(S(N)(=O)=O)c3-c3nnn[nH]3)cc2n1. The Kier molecular flexibility index (Phi) is 6.72. The third-order valence-electron chi connectivity index (χ3n) is 5.13. The van der Waals surface area contributed by atoms with Gasteiger partial charge in [0.2, 0.25) is 10.0 Å². The first kappa shape index (κ1) is 27.1. The molecule has 2 aromatic carbocycles. The molecule has 2 aromatic heterocycles. The highest BCUT2D eigenvalue weighted by Gasteiger charge is 2.43. The normalized spacial score (nSPS) is 13.5. The number of carbonyl (C=O) groups excluding carboxylic acids is 1. The maximum Gasteiger partial charge on any atom is 0.490 e. The lowest BCUT2D eigenvalue weighted by Crippen LogP contribution is -2.39. The fourth-order valence-electron chi connectivity index (χ4n) is 3.68. The number of sulfone groups is 1. The molecular weight excluding hydrogens is 557 g/mol. The average Bonchev–Trinajstić information content (AvgIpc) is 3.44. The van der Waals surface area contributed by atoms with E-state index in [0.717, 1.165) is 11.5 Å². The van der Waals surface area contributed by atoms with Crippen molar-refractivity contribution in [2.24, 2.45) is 17.9 Å². The molecule has 19 heteroatoms. The molecule has 0 bridgehead atoms. The number of sulfonamides is 1. The summed E-state index contributed by atoms with van der Waals surface area (Å²) in [7, 11) is -8.01. The maximum absolute atomic E-state index is 13.1. The summed E-state index contributed by atoms with van der Waals surface area (Å²) < 4.78 is 94.8. The first-order chi connectivity index (χ1) is 17.6. The molecule has 0 aliphatic carbocycles. The van der Waals surface area contributed by atoms with E-state index in [1.165, 1.54) is 6.07 Å². The number of hydrogen-bond donors (Lipinski definition) is 3. The zero-order valence-corrected chi connectivity index (χ0v) is 20.7. The molecule has 38 heavy (non-hydrogen) atoms. The van der Waals surface area contributed by atoms with Crippen molar-refractivity contribution in [2.45, 2.75) is 22.2 Å². The lowest BCUT2D eigenvalue weighted by atomic mass is 9.98. The molecule has 1 unspecified atom stereocenters. The van der Waals surface area contributed by atoms with E-state index in [1.54, 1.807) is 36.1 Å². The van der Waals surface area contributed by atoms with Crippen molar-refractivity contribution in [3.8, 4) is 22.5 Å². The van der Waals surface area contributed by atoms with Crippen LogP contribution in [0.2, 0.25) is 0 Å². The first-order valence-corrected chi connectivity index (χ1v) is 13.4. The number of H-pyrrole nitrogens is 1. The van der Waals surface area contributed by atoms with Gasteiger partial charge in [0.05, 0.1) is 10.4 Å². The van der Waals surface area contributed by atoms with Crippen molar-refractivity contribution in [1.82, 2.24) is 30.4 Å². The van der Waals surface area contributed by atoms with Gasteiger partial charge in [-0.2, -0.15) is 18.3 Å². The largest absolute Gasteiger partial charge is 0.490 e. The Hall–Kier alpha value is -3.94. The molecule has 0 amide bonds. The second-order valence-corrected chi connectivity index (χ2v) is 11.4. The van der Waals surface area contributed by atoms with Gasteiger partial charge in [-0.3, -0.25) is 10.4 Å². The molecule has 0 saturated carbocycles. The van der Waals surface area contributed by atoms with Crippen molar-refractivity contribution >= 4 is 36.7 Å². The zero-order chi connectivity index (χ0) is 28.0. The maximum atomic E-state index is 13.1. The fourth-order valence-corrected chi connectivity index (χ4v) is 6.59. The number of aromatic amines is 1. The van der Waals surface area contributed by atoms with Crippen molar-refractivity contribution < 1.29 is 39.5 Å². The molecular formula is C19H17F3N8O6S2. The fraction of sp³-hybridized carbons (Fsp3) is 0.211. The number of nitrogens with zero attached hydrogens (tertiary/aromatic N) is 5. The van der Waals surface area contributed by atoms with Crippen LogP contribution in [0.25, 0.3) is 33.4 Å². The van der Waals surface area contributed by atoms with Gasteiger partial charge in [-0.1, -0.05) is 18.2 Å². The van der Waals surface area contributed by atoms with Crippen LogP contribution < -0.4 is 10.9 Å². The van der Waals surface area contributed by atoms with Crippen LogP contribution in [0.1, 0.15) is 0 Å². The highest BCUT2D eigenvalue weighted by Crippen LogP contribution is 2.39. The molecule has 1 atom stereocenters. The minimum Gasteiger partial charge on any atom is -0.439 e. The van der Waals surface area contributed by atoms with Crippen LogP contribution in [0.5, 0.6) is 0 Å². The van der Waals surface area contributed by atoms with Crippen molar-refractivity contribution in [3.63, 3.8) is 0 Å². The number of fused-ring (bicyclic) bond motifs is 1. The third-order valence-corrected chi connectivity index (χ3v) is 8.03. The van der Waals surface area contributed by atoms with E-state index in [0.29, 0.717) is 11.1 Å². The number of nitrogens with one attached hydrogen (secondary N) is 1. The number of tetrazole rings is 1. The number of aromatic nitrogens is 6. The van der Waals surface area contributed by atoms with E-state index in [9.17, 15) is 34.8 Å². The van der Waals surface area contributed by atoms with Gasteiger partial charge in [-0.25, -0.2) is 31.9 Å². The summed E-state index contributed by atoms with van der Waals surface area (Å²) in [6.07, 6.45) is -5.99. The number of benzene rings is 2. The van der Waals surface area contributed by atoms with Crippen LogP contribution in [0.15, 0.2) is 46.3 Å². The van der Waals surface area contributed by atoms with Gasteiger partial charge in [0.25, 0.3) is 0 Å². The molecule has 0 spiro atoms. The summed E-state index contributed by atoms with van der Waals surface area (Å²) in [5, 5.41) is 23.3. The molecule has 4 rings (SSSR count). The summed E-state index contributed by atoms with van der Waals surface area (Å²) >= 11 is 0. The second-order valence-electron chi connectivity index (χ2n) is 7.91. The number of carbonyl (C=O) groups is 1. The quantitative estimate of drug-likeness (QED) is 0.200. The molecule has 4 aromatic rings. The van der Waals surface area contributed by atoms with Gasteiger partial charge < -0.3 is 4.74 Å². The Balaban J connectivity index is 1.91. The zero-order valence-electron chi connectivity index (χ0n) is 19.0. The number of rotatable bonds is 7. The van der Waals surface area contributed by atoms with Crippen LogP contribution in [0.3, 0.4) is 0 Å². The molecule has 0 saturated heterocycles. The number of nitrogens with two attached hydrogens (primary N) is 2. The summed E-state index contributed by atoms with van der Waals surface area (Å²) in [6, 6.07) is 7.02. The third kappa shape index (κ3) is 5.35. The van der Waals surface area contributed by atoms with Crippen molar-refractivity contribution in [1.29, 1.82) is 0 Å². The number of aryl methyl sites for hydroxylation is 1. The van der Waals surface area contributed by atoms with E-state index in [1.807, 2.05) is 0 Å². The summed E-state index contributed by atoms with van der Waals surface area (Å²) in [4.78, 5) is 9.18. The minimum atomic E-state index is -5.43. The van der Waals surface area contributed by atoms with Crippen molar-refractivity contribution in [2.75, 3.05) is 5.75 Å². The van der Waals surface area contributed by atoms with E-state index in [2.05, 4.69) is 30.5 Å². The summed E-state index contributed by atoms with van der Waals surface area (Å²) in [6.45, 7) is 0. The minimum absolute atomic E-state index is 0.131. The van der Waals surface area contributed by atoms with E-state index in [4.69, 9.17) is 10.9 Å². The second kappa shape index (κ2) is 9.42. The Morgan fingerprint density at radius 2 is 1.89 bits per heavy atom. The number of primary sulfonamides is 1. The van der Waals surface area contributed by atoms with Crippen LogP contribution in [-0.4, -0.2) is 71.4 Å². The van der Waals surface area contributed by atoms with E-state index < -0.39 is 53.8 Å². The topological polar surface area (TPSA) is 219 Å². The lowest BCUT2D eigenvalue weighted by Gasteiger charge is -2.18. The molecule has 14 nitrogen and oxygen atoms in total. The number of esters is 1. The van der Waals surface area contributed by atoms with E-state index >= 15 is 0 Å². The van der Waals surface area contributed by atoms with Gasteiger partial charge in [0.15, 0.2) is 21.9 Å². The number of halogens is 3. The Bertz CT molecular complexity index is 1750. The summed E-state index contributed by atoms with van der Waals surface area (Å²) in [5.74, 6) is -4.40. The Morgan fingerprint density at radius 1 is 1.18 bits per heavy atom. The molecule has 0 aliphatic heterocycles. The van der Waals surface area contributed by atoms with Crippen molar-refractivity contribution in [3.05, 3.63) is 36.5 Å².